The summed E-state index contributed by atoms with van der Waals surface area (Å²) in [6.07, 6.45) is 20.8. The van der Waals surface area contributed by atoms with Crippen molar-refractivity contribution >= 4 is 86.9 Å². The number of unbranched alkanes of at least 4 members (excludes halogenated alkanes) is 11. The Morgan fingerprint density at radius 3 is 0.793 bits per heavy atom. The van der Waals surface area contributed by atoms with Crippen LogP contribution in [0, 0.1) is 0 Å². The average molecular weight is 2070 g/mol. The third-order valence-electron chi connectivity index (χ3n) is 26.5. The molecule has 22 rings (SSSR count). The smallest absolute Gasteiger partial charge is 0.180 e. The van der Waals surface area contributed by atoms with Crippen molar-refractivity contribution in [3.05, 3.63) is 592 Å². The Balaban J connectivity index is 0.000000123. The quantitative estimate of drug-likeness (QED) is 0.0281. The van der Waals surface area contributed by atoms with Gasteiger partial charge in [-0.1, -0.05) is 437 Å². The predicted octanol–water partition coefficient (Wildman–Crippen LogP) is 39.7. The van der Waals surface area contributed by atoms with Gasteiger partial charge in [0.2, 0.25) is 0 Å². The van der Waals surface area contributed by atoms with Crippen molar-refractivity contribution in [2.45, 2.75) is 212 Å². The molecule has 0 aromatic heterocycles. The van der Waals surface area contributed by atoms with Crippen molar-refractivity contribution in [2.75, 3.05) is 6.61 Å². The van der Waals surface area contributed by atoms with Crippen LogP contribution in [-0.4, -0.2) is 6.61 Å². The number of benzene rings is 21. The molecule has 0 saturated heterocycles. The highest BCUT2D eigenvalue weighted by Gasteiger charge is 2.45. The summed E-state index contributed by atoms with van der Waals surface area (Å²) in [7, 11) is -0.363. The normalized spacial score (nSPS) is 11.3. The van der Waals surface area contributed by atoms with Crippen molar-refractivity contribution in [3.63, 3.8) is 0 Å². The molecule has 0 unspecified atom stereocenters. The molecule has 0 fully saturated rings. The summed E-state index contributed by atoms with van der Waals surface area (Å²) in [5.74, 6) is 0.968. The third kappa shape index (κ3) is 30.3. The number of rotatable bonds is 36. The van der Waals surface area contributed by atoms with E-state index in [2.05, 4.69) is 591 Å². The molecule has 746 valence electrons. The molecular weight excluding hydrogens is 1930 g/mol. The van der Waals surface area contributed by atoms with Gasteiger partial charge in [0.25, 0.3) is 0 Å². The summed E-state index contributed by atoms with van der Waals surface area (Å²) >= 11 is 0. The maximum atomic E-state index is 5.90. The molecule has 0 radical (unpaired) electrons. The minimum Gasteiger partial charge on any atom is -0.494 e. The first-order valence-corrected chi connectivity index (χ1v) is 60.9. The molecule has 0 bridgehead atoms. The molecule has 0 aliphatic heterocycles. The highest BCUT2D eigenvalue weighted by Crippen LogP contribution is 2.52. The SMILES string of the molecule is CCCCCCCCc1ccc([S+](c2ccccc2)c2ccccc2)cc1.CCCCCCOc1ccc([S+](c2ccccc2)c2ccccc2)cc1.CCCCCCc1ccc([S+](c2ccccc2)c2ccccc2)cc1.c1ccc([S+](c2ccccc2)C2c3ccccc3-c3ccccc32)cc1.c1ccc([S+](c2ccccc2)c2ccc3ccccc3c2)cc1.c1ccc([S+](c2ccccc2)c2cccc3ccccc23)cc1. The molecule has 1 aliphatic rings. The van der Waals surface area contributed by atoms with Gasteiger partial charge in [-0.3, -0.25) is 0 Å². The maximum absolute atomic E-state index is 5.90. The minimum absolute atomic E-state index is 0.0317. The Hall–Kier alpha value is -14.0. The second-order valence-corrected chi connectivity index (χ2v) is 49.4. The molecule has 0 saturated carbocycles. The zero-order valence-corrected chi connectivity index (χ0v) is 91.6. The topological polar surface area (TPSA) is 9.23 Å². The monoisotopic (exact) mass is 2060 g/mol. The van der Waals surface area contributed by atoms with Crippen LogP contribution in [0.4, 0.5) is 0 Å². The zero-order valence-electron chi connectivity index (χ0n) is 86.7. The summed E-state index contributed by atoms with van der Waals surface area (Å²) < 4.78 is 5.90. The third-order valence-corrected chi connectivity index (χ3v) is 40.2. The fourth-order valence-corrected chi connectivity index (χ4v) is 32.3. The fraction of sp³-hybridized carbons (Fsp3) is 0.147. The van der Waals surface area contributed by atoms with Gasteiger partial charge in [-0.05, 0) is 289 Å². The lowest BCUT2D eigenvalue weighted by Gasteiger charge is -2.17. The van der Waals surface area contributed by atoms with Crippen molar-refractivity contribution < 1.29 is 4.74 Å². The molecule has 21 aromatic rings. The summed E-state index contributed by atoms with van der Waals surface area (Å²) in [4.78, 5) is 23.3. The van der Waals surface area contributed by atoms with Gasteiger partial charge in [-0.25, -0.2) is 0 Å². The molecule has 1 aliphatic carbocycles. The maximum Gasteiger partial charge on any atom is 0.180 e. The first-order chi connectivity index (χ1) is 74.4. The summed E-state index contributed by atoms with van der Waals surface area (Å²) in [6, 6.07) is 206. The highest BCUT2D eigenvalue weighted by molar-refractivity contribution is 7.98. The van der Waals surface area contributed by atoms with Crippen LogP contribution in [-0.2, 0) is 78.2 Å². The van der Waals surface area contributed by atoms with Crippen LogP contribution in [0.3, 0.4) is 0 Å². The zero-order chi connectivity index (χ0) is 102. The highest BCUT2D eigenvalue weighted by atomic mass is 32.2. The molecule has 0 spiro atoms. The molecule has 1 nitrogen and oxygen atoms in total. The van der Waals surface area contributed by atoms with Gasteiger partial charge in [-0.15, -0.1) is 0 Å². The Morgan fingerprint density at radius 1 is 0.180 bits per heavy atom. The molecule has 0 atom stereocenters. The second-order valence-electron chi connectivity index (χ2n) is 37.2. The minimum atomic E-state index is -0.0892. The van der Waals surface area contributed by atoms with Crippen molar-refractivity contribution in [2.24, 2.45) is 0 Å². The number of aryl methyl sites for hydroxylation is 2. The van der Waals surface area contributed by atoms with E-state index < -0.39 is 0 Å². The van der Waals surface area contributed by atoms with Crippen LogP contribution in [0.25, 0.3) is 32.7 Å². The van der Waals surface area contributed by atoms with E-state index in [1.807, 2.05) is 0 Å². The van der Waals surface area contributed by atoms with Crippen molar-refractivity contribution in [1.29, 1.82) is 0 Å². The molecule has 21 aromatic carbocycles. The van der Waals surface area contributed by atoms with Gasteiger partial charge < -0.3 is 4.74 Å². The van der Waals surface area contributed by atoms with Crippen LogP contribution >= 0.6 is 0 Å². The van der Waals surface area contributed by atoms with E-state index in [9.17, 15) is 0 Å². The van der Waals surface area contributed by atoms with Crippen LogP contribution in [0.1, 0.15) is 138 Å². The van der Waals surface area contributed by atoms with Crippen molar-refractivity contribution in [3.8, 4) is 16.9 Å². The van der Waals surface area contributed by atoms with E-state index in [0.29, 0.717) is 5.25 Å². The Morgan fingerprint density at radius 2 is 0.433 bits per heavy atom. The number of ether oxygens (including phenoxy) is 1. The lowest BCUT2D eigenvalue weighted by atomic mass is 10.1. The Kier molecular flexibility index (Phi) is 42.1. The van der Waals surface area contributed by atoms with Gasteiger partial charge in [0.05, 0.1) is 72.0 Å². The van der Waals surface area contributed by atoms with Crippen LogP contribution < -0.4 is 4.74 Å². The van der Waals surface area contributed by atoms with Crippen LogP contribution in [0.15, 0.2) is 653 Å². The second kappa shape index (κ2) is 58.9. The van der Waals surface area contributed by atoms with E-state index in [1.165, 1.54) is 234 Å². The lowest BCUT2D eigenvalue weighted by molar-refractivity contribution is 0.305. The number of hydrogen-bond donors (Lipinski definition) is 0. The first kappa shape index (κ1) is 107. The first-order valence-electron chi connectivity index (χ1n) is 53.5. The average Bonchev–Trinajstić information content (AvgIpc) is 1.59. The van der Waals surface area contributed by atoms with Gasteiger partial charge in [-0.2, -0.15) is 0 Å². The fourth-order valence-electron chi connectivity index (χ4n) is 19.0. The largest absolute Gasteiger partial charge is 0.494 e. The summed E-state index contributed by atoms with van der Waals surface area (Å²) in [5, 5.41) is 5.60. The summed E-state index contributed by atoms with van der Waals surface area (Å²) in [5.41, 5.74) is 8.60. The molecule has 0 N–H and O–H groups in total. The van der Waals surface area contributed by atoms with E-state index in [4.69, 9.17) is 4.74 Å². The predicted molar refractivity (Wildman–Crippen MR) is 648 cm³/mol. The van der Waals surface area contributed by atoms with Gasteiger partial charge in [0, 0.05) is 22.6 Å². The Bertz CT molecular complexity index is 7140. The van der Waals surface area contributed by atoms with E-state index in [1.54, 1.807) is 0 Å². The van der Waals surface area contributed by atoms with E-state index in [-0.39, 0.29) is 65.4 Å². The Labute approximate surface area is 911 Å². The van der Waals surface area contributed by atoms with E-state index in [0.717, 1.165) is 18.8 Å². The summed E-state index contributed by atoms with van der Waals surface area (Å²) in [6.45, 7) is 7.59. The molecule has 0 amide bonds. The van der Waals surface area contributed by atoms with Crippen molar-refractivity contribution in [1.82, 2.24) is 0 Å². The van der Waals surface area contributed by atoms with Crippen LogP contribution in [0.5, 0.6) is 5.75 Å². The molecule has 7 heteroatoms. The lowest BCUT2D eigenvalue weighted by Crippen LogP contribution is -2.14. The van der Waals surface area contributed by atoms with Gasteiger partial charge >= 0.3 is 0 Å². The standard InChI is InChI=1S/C26H31S.C25H19S.C24H27OS.C24H27S.2C22H17S/c1-2-3-4-5-6-9-14-23-19-21-26(22-20-23)27(24-15-10-7-11-16-24)25-17-12-8-13-18-25;1-3-11-19(12-4-1)26(20-13-5-2-6-14-20)25-23-17-9-7-15-21(23)22-16-8-10-18-24(22)25;1-2-3-4-11-20-25-21-16-18-24(19-17-21)26(22-12-7-5-8-13-22)23-14-9-6-10-15-23;1-2-3-4-7-12-21-17-19-24(20-18-21)25(22-13-8-5-9-14-22)23-15-10-6-11-16-23;1-3-12-19(13-4-1)23(20-14-5-2-6-15-20)22-17-9-11-18-10-7-8-16-21(18)22;1-3-11-20(12-4-1)23(21-13-5-2-6-14-21)22-16-15-18-9-7-8-10-19(18)17-22/h7-8,10-13,15-22H,2-6,9,14H2,1H3;1-18,25H;5-10,12-19H,2-4,11,20H2,1H3;5-6,8-11,13-20H,2-4,7,12H2,1H3;2*1-17H/q6*+1. The van der Waals surface area contributed by atoms with E-state index >= 15 is 0 Å². The number of hydrogen-bond acceptors (Lipinski definition) is 1. The van der Waals surface area contributed by atoms with Gasteiger partial charge in [0.15, 0.2) is 88.5 Å². The molecule has 150 heavy (non-hydrogen) atoms. The van der Waals surface area contributed by atoms with Crippen LogP contribution in [0.2, 0.25) is 0 Å². The number of fused-ring (bicyclic) bond motifs is 5. The molecule has 0 heterocycles. The van der Waals surface area contributed by atoms with Gasteiger partial charge in [0.1, 0.15) is 5.75 Å². The molecular formula is C143H138OS6+6.